The summed E-state index contributed by atoms with van der Waals surface area (Å²) in [5.74, 6) is -2.92. The Morgan fingerprint density at radius 2 is 0.600 bits per heavy atom. The quantitative estimate of drug-likeness (QED) is 0.118. The van der Waals surface area contributed by atoms with Crippen molar-refractivity contribution in [1.82, 2.24) is 0 Å². The predicted octanol–water partition coefficient (Wildman–Crippen LogP) is 6.85. The van der Waals surface area contributed by atoms with Crippen LogP contribution in [0.3, 0.4) is 0 Å². The molecule has 0 N–H and O–H groups in total. The molecule has 0 aromatic heterocycles. The van der Waals surface area contributed by atoms with Gasteiger partial charge in [0.15, 0.2) is 23.1 Å². The molecule has 2 radical (unpaired) electrons. The average molecular weight is 928 g/mol. The van der Waals surface area contributed by atoms with E-state index in [1.807, 2.05) is 0 Å². The summed E-state index contributed by atoms with van der Waals surface area (Å²) in [6, 6.07) is 12.1. The van der Waals surface area contributed by atoms with Crippen LogP contribution < -0.4 is 20.4 Å². The van der Waals surface area contributed by atoms with Gasteiger partial charge in [0.2, 0.25) is 0 Å². The molecule has 0 aliphatic carbocycles. The van der Waals surface area contributed by atoms with Crippen molar-refractivity contribution in [3.8, 4) is 0 Å². The third-order valence-electron chi connectivity index (χ3n) is 8.52. The molecule has 0 bridgehead atoms. The zero-order valence-electron chi connectivity index (χ0n) is 37.3. The minimum Gasteiger partial charge on any atom is -0.875 e. The van der Waals surface area contributed by atoms with Gasteiger partial charge in [-0.05, 0) is 83.8 Å². The molecule has 0 saturated carbocycles. The van der Waals surface area contributed by atoms with Crippen molar-refractivity contribution in [2.75, 3.05) is 26.4 Å². The monoisotopic (exact) mass is 926 g/mol. The largest absolute Gasteiger partial charge is 2.00 e. The summed E-state index contributed by atoms with van der Waals surface area (Å²) >= 11 is 0. The Morgan fingerprint density at radius 3 is 0.733 bits per heavy atom. The van der Waals surface area contributed by atoms with E-state index in [9.17, 15) is 39.6 Å². The Balaban J connectivity index is 0. The Kier molecular flexibility index (Phi) is 25.8. The summed E-state index contributed by atoms with van der Waals surface area (Å²) in [4.78, 5) is 48.8. The topological polar surface area (TPSA) is 179 Å². The van der Waals surface area contributed by atoms with Crippen molar-refractivity contribution in [1.29, 1.82) is 0 Å². The summed E-state index contributed by atoms with van der Waals surface area (Å²) in [6.45, 7) is 24.7. The number of hydrogen-bond donors (Lipinski definition) is 0. The summed E-state index contributed by atoms with van der Waals surface area (Å²) in [5, 5.41) is 47.7. The van der Waals surface area contributed by atoms with Crippen LogP contribution >= 0.6 is 0 Å². The minimum atomic E-state index is -0.643. The van der Waals surface area contributed by atoms with Gasteiger partial charge in [-0.15, -0.1) is 23.0 Å². The number of carbonyl (C=O) groups excluding carboxylic acids is 4. The third-order valence-corrected chi connectivity index (χ3v) is 8.52. The molecular formula is C48H64Cu2O10. The van der Waals surface area contributed by atoms with Gasteiger partial charge in [0.05, 0.1) is 0 Å². The number of ether oxygens (including phenoxy) is 2. The van der Waals surface area contributed by atoms with Gasteiger partial charge in [0.1, 0.15) is 0 Å². The second kappa shape index (κ2) is 26.5. The standard InChI is InChI=1S/2C20H26O4.2C4H8O.2Cu/c2*1-19(2,3)17(23)11-15(21)13-8-7-9-14(10-13)16(22)12-18(24)20(4,5)6;2*1-2-4-5-3-1;;/h2*7-12,23-24H,1-6H3;2*1-4H2;;/q;;;;2*+2/p-4/b2*17-11-,18-12-;;;;. The zero-order valence-corrected chi connectivity index (χ0v) is 39.2. The van der Waals surface area contributed by atoms with E-state index in [2.05, 4.69) is 0 Å². The smallest absolute Gasteiger partial charge is 0.875 e. The van der Waals surface area contributed by atoms with Crippen LogP contribution in [0.2, 0.25) is 0 Å². The molecule has 2 aromatic rings. The summed E-state index contributed by atoms with van der Waals surface area (Å²) in [6.07, 6.45) is 9.31. The fraction of sp³-hybridized carbons (Fsp3) is 0.500. The van der Waals surface area contributed by atoms with Crippen molar-refractivity contribution in [3.05, 3.63) is 118 Å². The zero-order chi connectivity index (χ0) is 44.5. The second-order valence-electron chi connectivity index (χ2n) is 18.3. The van der Waals surface area contributed by atoms with E-state index < -0.39 is 44.8 Å². The first-order chi connectivity index (χ1) is 26.6. The van der Waals surface area contributed by atoms with E-state index in [-0.39, 0.29) is 79.4 Å². The van der Waals surface area contributed by atoms with Crippen LogP contribution in [0.15, 0.2) is 95.9 Å². The third kappa shape index (κ3) is 22.7. The second-order valence-corrected chi connectivity index (χ2v) is 18.3. The molecule has 0 amide bonds. The molecule has 10 nitrogen and oxygen atoms in total. The summed E-state index contributed by atoms with van der Waals surface area (Å²) in [5.41, 5.74) is -1.59. The Bertz CT molecular complexity index is 1550. The summed E-state index contributed by atoms with van der Waals surface area (Å²) < 4.78 is 9.89. The van der Waals surface area contributed by atoms with Crippen LogP contribution in [0.5, 0.6) is 0 Å². The fourth-order valence-electron chi connectivity index (χ4n) is 4.35. The average Bonchev–Trinajstić information content (AvgIpc) is 3.91. The van der Waals surface area contributed by atoms with Crippen LogP contribution in [0.4, 0.5) is 0 Å². The molecule has 0 spiro atoms. The molecule has 4 rings (SSSR count). The van der Waals surface area contributed by atoms with E-state index in [0.29, 0.717) is 0 Å². The van der Waals surface area contributed by atoms with Crippen molar-refractivity contribution < 1.29 is 83.2 Å². The predicted molar refractivity (Wildman–Crippen MR) is 220 cm³/mol. The van der Waals surface area contributed by atoms with E-state index >= 15 is 0 Å². The molecule has 2 saturated heterocycles. The first kappa shape index (κ1) is 58.3. The molecule has 2 aliphatic heterocycles. The number of hydrogen-bond acceptors (Lipinski definition) is 10. The first-order valence-electron chi connectivity index (χ1n) is 19.7. The maximum Gasteiger partial charge on any atom is 2.00 e. The molecule has 338 valence electrons. The minimum absolute atomic E-state index is 0. The Labute approximate surface area is 379 Å². The molecule has 60 heavy (non-hydrogen) atoms. The number of benzene rings is 2. The molecule has 2 aromatic carbocycles. The van der Waals surface area contributed by atoms with Gasteiger partial charge in [-0.3, -0.25) is 19.2 Å². The van der Waals surface area contributed by atoms with Gasteiger partial charge in [-0.2, -0.15) is 0 Å². The van der Waals surface area contributed by atoms with Gasteiger partial charge in [0, 0.05) is 48.7 Å². The maximum absolute atomic E-state index is 12.2. The van der Waals surface area contributed by atoms with Crippen molar-refractivity contribution in [3.63, 3.8) is 0 Å². The Morgan fingerprint density at radius 1 is 0.417 bits per heavy atom. The van der Waals surface area contributed by atoms with E-state index in [4.69, 9.17) is 9.47 Å². The van der Waals surface area contributed by atoms with Crippen LogP contribution in [-0.4, -0.2) is 49.6 Å². The molecular weight excluding hydrogens is 864 g/mol. The summed E-state index contributed by atoms with van der Waals surface area (Å²) in [7, 11) is 0. The number of allylic oxidation sites excluding steroid dienone is 8. The van der Waals surface area contributed by atoms with Gasteiger partial charge in [-0.25, -0.2) is 0 Å². The van der Waals surface area contributed by atoms with Crippen LogP contribution in [0, 0.1) is 21.7 Å². The van der Waals surface area contributed by atoms with Crippen LogP contribution in [-0.2, 0) is 43.6 Å². The number of rotatable bonds is 8. The van der Waals surface area contributed by atoms with E-state index in [0.717, 1.165) is 50.7 Å². The molecule has 12 heteroatoms. The molecule has 2 fully saturated rings. The van der Waals surface area contributed by atoms with Gasteiger partial charge < -0.3 is 29.9 Å². The van der Waals surface area contributed by atoms with E-state index in [1.165, 1.54) is 62.1 Å². The van der Waals surface area contributed by atoms with Gasteiger partial charge >= 0.3 is 34.1 Å². The molecule has 0 unspecified atom stereocenters. The normalized spacial score (nSPS) is 15.0. The molecule has 0 atom stereocenters. The fourth-order valence-corrected chi connectivity index (χ4v) is 4.35. The number of carbonyl (C=O) groups is 4. The van der Waals surface area contributed by atoms with Crippen LogP contribution in [0.25, 0.3) is 0 Å². The first-order valence-corrected chi connectivity index (χ1v) is 19.7. The number of ketones is 4. The van der Waals surface area contributed by atoms with Gasteiger partial charge in [0.25, 0.3) is 0 Å². The van der Waals surface area contributed by atoms with Crippen molar-refractivity contribution in [2.24, 2.45) is 21.7 Å². The van der Waals surface area contributed by atoms with Crippen molar-refractivity contribution >= 4 is 23.1 Å². The van der Waals surface area contributed by atoms with Crippen LogP contribution in [0.1, 0.15) is 150 Å². The maximum atomic E-state index is 12.2. The molecule has 2 heterocycles. The Hall–Kier alpha value is -3.76. The van der Waals surface area contributed by atoms with Gasteiger partial charge in [-0.1, -0.05) is 119 Å². The molecule has 2 aliphatic rings. The van der Waals surface area contributed by atoms with Crippen molar-refractivity contribution in [2.45, 2.75) is 109 Å². The SMILES string of the molecule is C1CCOC1.C1CCOC1.CC(C)(C)/C([O-])=C/C(=O)c1cccc(C(=O)/C=C(\[O-])C(C)(C)C)c1.CC(C)(C)/C([O-])=C/C(=O)c1cccc(C(=O)/C=C(\[O-])C(C)(C)C)c1.[Cu+2].[Cu+2]. The van der Waals surface area contributed by atoms with E-state index in [1.54, 1.807) is 95.2 Å².